The van der Waals surface area contributed by atoms with Crippen molar-refractivity contribution in [2.24, 2.45) is 0 Å². The third kappa shape index (κ3) is 5.96. The van der Waals surface area contributed by atoms with Crippen LogP contribution in [0.3, 0.4) is 0 Å². The maximum atomic E-state index is 12.7. The molecule has 5 rings (SSSR count). The maximum Gasteiger partial charge on any atom is 0.253 e. The number of benzene rings is 2. The Morgan fingerprint density at radius 2 is 1.79 bits per heavy atom. The fourth-order valence-electron chi connectivity index (χ4n) is 4.02. The van der Waals surface area contributed by atoms with E-state index in [0.29, 0.717) is 28.5 Å². The SMILES string of the molecule is O=C(Cc1ccc(Cn2ccccc2=O)cc1)Nc1cncc(C(=O)NCc2n[nH]c3ccc(Cl)cc23)c1. The summed E-state index contributed by atoms with van der Waals surface area (Å²) >= 11 is 6.07. The lowest BCUT2D eigenvalue weighted by atomic mass is 10.1. The van der Waals surface area contributed by atoms with Crippen LogP contribution < -0.4 is 16.2 Å². The molecule has 0 fully saturated rings. The molecular formula is C28H23ClN6O3. The van der Waals surface area contributed by atoms with E-state index in [4.69, 9.17) is 11.6 Å². The summed E-state index contributed by atoms with van der Waals surface area (Å²) in [6.45, 7) is 0.654. The van der Waals surface area contributed by atoms with Gasteiger partial charge in [-0.25, -0.2) is 0 Å². The highest BCUT2D eigenvalue weighted by Gasteiger charge is 2.12. The lowest BCUT2D eigenvalue weighted by Gasteiger charge is -2.09. The van der Waals surface area contributed by atoms with Gasteiger partial charge in [0, 0.05) is 28.9 Å². The molecule has 0 unspecified atom stereocenters. The summed E-state index contributed by atoms with van der Waals surface area (Å²) in [5.41, 5.74) is 3.92. The van der Waals surface area contributed by atoms with E-state index in [9.17, 15) is 14.4 Å². The zero-order valence-electron chi connectivity index (χ0n) is 20.1. The van der Waals surface area contributed by atoms with Crippen molar-refractivity contribution in [1.82, 2.24) is 25.1 Å². The lowest BCUT2D eigenvalue weighted by Crippen LogP contribution is -2.23. The van der Waals surface area contributed by atoms with Crippen LogP contribution in [-0.4, -0.2) is 31.6 Å². The number of H-pyrrole nitrogens is 1. The molecule has 38 heavy (non-hydrogen) atoms. The van der Waals surface area contributed by atoms with E-state index in [0.717, 1.165) is 22.0 Å². The first-order valence-corrected chi connectivity index (χ1v) is 12.2. The Balaban J connectivity index is 1.17. The summed E-state index contributed by atoms with van der Waals surface area (Å²) in [5.74, 6) is -0.587. The minimum Gasteiger partial charge on any atom is -0.346 e. The Labute approximate surface area is 222 Å². The summed E-state index contributed by atoms with van der Waals surface area (Å²) in [6, 6.07) is 19.5. The minimum absolute atomic E-state index is 0.0694. The molecule has 0 atom stereocenters. The molecule has 0 bridgehead atoms. The van der Waals surface area contributed by atoms with Gasteiger partial charge in [0.1, 0.15) is 0 Å². The number of aromatic amines is 1. The van der Waals surface area contributed by atoms with Crippen LogP contribution in [-0.2, 0) is 24.3 Å². The molecule has 0 saturated heterocycles. The smallest absolute Gasteiger partial charge is 0.253 e. The van der Waals surface area contributed by atoms with Crippen LogP contribution in [0, 0.1) is 0 Å². The van der Waals surface area contributed by atoms with Crippen LogP contribution in [0.25, 0.3) is 10.9 Å². The largest absolute Gasteiger partial charge is 0.346 e. The number of anilines is 1. The average molecular weight is 527 g/mol. The van der Waals surface area contributed by atoms with E-state index in [1.165, 1.54) is 18.5 Å². The van der Waals surface area contributed by atoms with Gasteiger partial charge in [0.15, 0.2) is 0 Å². The summed E-state index contributed by atoms with van der Waals surface area (Å²) in [5, 5.41) is 14.2. The van der Waals surface area contributed by atoms with Gasteiger partial charge < -0.3 is 15.2 Å². The lowest BCUT2D eigenvalue weighted by molar-refractivity contribution is -0.115. The van der Waals surface area contributed by atoms with Gasteiger partial charge in [-0.2, -0.15) is 5.10 Å². The van der Waals surface area contributed by atoms with E-state index < -0.39 is 0 Å². The molecule has 2 aromatic carbocycles. The van der Waals surface area contributed by atoms with Gasteiger partial charge >= 0.3 is 0 Å². The second kappa shape index (κ2) is 11.1. The molecule has 0 saturated carbocycles. The van der Waals surface area contributed by atoms with Gasteiger partial charge in [-0.3, -0.25) is 24.5 Å². The highest BCUT2D eigenvalue weighted by Crippen LogP contribution is 2.20. The minimum atomic E-state index is -0.347. The average Bonchev–Trinajstić information content (AvgIpc) is 3.31. The molecule has 0 aliphatic heterocycles. The molecule has 3 heterocycles. The van der Waals surface area contributed by atoms with E-state index in [2.05, 4.69) is 25.8 Å². The van der Waals surface area contributed by atoms with Crippen LogP contribution >= 0.6 is 11.6 Å². The van der Waals surface area contributed by atoms with E-state index in [-0.39, 0.29) is 30.3 Å². The number of nitrogens with zero attached hydrogens (tertiary/aromatic N) is 3. The van der Waals surface area contributed by atoms with Crippen LogP contribution in [0.5, 0.6) is 0 Å². The number of aromatic nitrogens is 4. The second-order valence-electron chi connectivity index (χ2n) is 8.71. The normalized spacial score (nSPS) is 10.9. The highest BCUT2D eigenvalue weighted by molar-refractivity contribution is 6.31. The molecule has 0 radical (unpaired) electrons. The molecule has 0 spiro atoms. The van der Waals surface area contributed by atoms with E-state index in [1.54, 1.807) is 35.0 Å². The Morgan fingerprint density at radius 1 is 0.974 bits per heavy atom. The molecule has 0 aliphatic rings. The van der Waals surface area contributed by atoms with Gasteiger partial charge in [-0.1, -0.05) is 41.9 Å². The predicted molar refractivity (Wildman–Crippen MR) is 145 cm³/mol. The van der Waals surface area contributed by atoms with Gasteiger partial charge in [0.25, 0.3) is 11.5 Å². The summed E-state index contributed by atoms with van der Waals surface area (Å²) < 4.78 is 1.62. The second-order valence-corrected chi connectivity index (χ2v) is 9.15. The number of pyridine rings is 2. The molecule has 9 nitrogen and oxygen atoms in total. The van der Waals surface area contributed by atoms with Gasteiger partial charge in [0.05, 0.1) is 48.2 Å². The summed E-state index contributed by atoms with van der Waals surface area (Å²) in [4.78, 5) is 41.3. The third-order valence-corrected chi connectivity index (χ3v) is 6.18. The number of halogens is 1. The Morgan fingerprint density at radius 3 is 2.61 bits per heavy atom. The number of rotatable bonds is 8. The number of amides is 2. The Kier molecular flexibility index (Phi) is 7.28. The fraction of sp³-hybridized carbons (Fsp3) is 0.107. The highest BCUT2D eigenvalue weighted by atomic mass is 35.5. The van der Waals surface area contributed by atoms with Crippen molar-refractivity contribution >= 4 is 40.0 Å². The summed E-state index contributed by atoms with van der Waals surface area (Å²) in [6.07, 6.45) is 4.80. The number of nitrogens with one attached hydrogen (secondary N) is 3. The molecule has 0 aliphatic carbocycles. The van der Waals surface area contributed by atoms with Crippen molar-refractivity contribution < 1.29 is 9.59 Å². The van der Waals surface area contributed by atoms with Crippen molar-refractivity contribution in [3.8, 4) is 0 Å². The predicted octanol–water partition coefficient (Wildman–Crippen LogP) is 3.93. The zero-order valence-corrected chi connectivity index (χ0v) is 20.9. The quantitative estimate of drug-likeness (QED) is 0.283. The van der Waals surface area contributed by atoms with Crippen LogP contribution in [0.4, 0.5) is 5.69 Å². The number of fused-ring (bicyclic) bond motifs is 1. The van der Waals surface area contributed by atoms with E-state index in [1.807, 2.05) is 36.4 Å². The molecule has 3 N–H and O–H groups in total. The zero-order chi connectivity index (χ0) is 26.5. The van der Waals surface area contributed by atoms with Crippen LogP contribution in [0.2, 0.25) is 5.02 Å². The standard InChI is InChI=1S/C28H23ClN6O3/c29-21-8-9-24-23(13-21)25(34-33-24)16-31-28(38)20-12-22(15-30-14-20)32-26(36)11-18-4-6-19(7-5-18)17-35-10-2-1-3-27(35)37/h1-10,12-15H,11,16-17H2,(H,31,38)(H,32,36)(H,33,34). The number of hydrogen-bond donors (Lipinski definition) is 3. The first-order valence-electron chi connectivity index (χ1n) is 11.8. The first kappa shape index (κ1) is 24.9. The third-order valence-electron chi connectivity index (χ3n) is 5.94. The van der Waals surface area contributed by atoms with Crippen molar-refractivity contribution in [3.63, 3.8) is 0 Å². The molecule has 5 aromatic rings. The van der Waals surface area contributed by atoms with Gasteiger partial charge in [0.2, 0.25) is 5.91 Å². The molecular weight excluding hydrogens is 504 g/mol. The van der Waals surface area contributed by atoms with Gasteiger partial charge in [-0.05, 0) is 41.5 Å². The summed E-state index contributed by atoms with van der Waals surface area (Å²) in [7, 11) is 0. The van der Waals surface area contributed by atoms with Crippen molar-refractivity contribution in [2.75, 3.05) is 5.32 Å². The van der Waals surface area contributed by atoms with Crippen molar-refractivity contribution in [3.05, 3.63) is 123 Å². The number of hydrogen-bond acceptors (Lipinski definition) is 5. The topological polar surface area (TPSA) is 122 Å². The molecule has 10 heteroatoms. The maximum absolute atomic E-state index is 12.7. The Hall–Kier alpha value is -4.76. The Bertz CT molecular complexity index is 1680. The first-order chi connectivity index (χ1) is 18.4. The molecule has 2 amide bonds. The van der Waals surface area contributed by atoms with Crippen molar-refractivity contribution in [1.29, 1.82) is 0 Å². The molecule has 3 aromatic heterocycles. The van der Waals surface area contributed by atoms with E-state index >= 15 is 0 Å². The molecule has 190 valence electrons. The van der Waals surface area contributed by atoms with Crippen LogP contribution in [0.15, 0.2) is 90.1 Å². The fourth-order valence-corrected chi connectivity index (χ4v) is 4.19. The van der Waals surface area contributed by atoms with Gasteiger partial charge in [-0.15, -0.1) is 0 Å². The monoisotopic (exact) mass is 526 g/mol. The van der Waals surface area contributed by atoms with Crippen LogP contribution in [0.1, 0.15) is 27.2 Å². The number of carbonyl (C=O) groups is 2. The van der Waals surface area contributed by atoms with Crippen molar-refractivity contribution in [2.45, 2.75) is 19.5 Å². The number of carbonyl (C=O) groups excluding carboxylic acids is 2.